The Balaban J connectivity index is 1.56. The number of hydrogen-bond acceptors (Lipinski definition) is 8. The zero-order valence-corrected chi connectivity index (χ0v) is 16.5. The van der Waals surface area contributed by atoms with E-state index in [1.807, 2.05) is 36.1 Å². The maximum absolute atomic E-state index is 13.3. The predicted octanol–water partition coefficient (Wildman–Crippen LogP) is 3.35. The first kappa shape index (κ1) is 19.7. The van der Waals surface area contributed by atoms with Gasteiger partial charge in [0.1, 0.15) is 5.82 Å². The summed E-state index contributed by atoms with van der Waals surface area (Å²) in [4.78, 5) is 15.5. The van der Waals surface area contributed by atoms with E-state index in [0.29, 0.717) is 43.8 Å². The number of hydrazone groups is 1. The van der Waals surface area contributed by atoms with E-state index < -0.39 is 0 Å². The highest BCUT2D eigenvalue weighted by Gasteiger charge is 2.16. The lowest BCUT2D eigenvalue weighted by Crippen LogP contribution is -2.37. The van der Waals surface area contributed by atoms with Gasteiger partial charge in [-0.25, -0.2) is 9.82 Å². The van der Waals surface area contributed by atoms with Crippen molar-refractivity contribution in [2.75, 3.05) is 41.9 Å². The van der Waals surface area contributed by atoms with Crippen molar-refractivity contribution in [3.05, 3.63) is 65.5 Å². The summed E-state index contributed by atoms with van der Waals surface area (Å²) in [5.41, 5.74) is 5.48. The van der Waals surface area contributed by atoms with E-state index in [4.69, 9.17) is 4.74 Å². The zero-order chi connectivity index (χ0) is 20.8. The molecule has 0 spiro atoms. The van der Waals surface area contributed by atoms with Gasteiger partial charge >= 0.3 is 0 Å². The summed E-state index contributed by atoms with van der Waals surface area (Å²) in [6, 6.07) is 14.1. The fourth-order valence-electron chi connectivity index (χ4n) is 2.89. The van der Waals surface area contributed by atoms with E-state index in [0.717, 1.165) is 5.69 Å². The average molecular weight is 407 g/mol. The molecule has 1 fully saturated rings. The van der Waals surface area contributed by atoms with Gasteiger partial charge in [0.05, 0.1) is 19.4 Å². The Morgan fingerprint density at radius 3 is 2.57 bits per heavy atom. The Morgan fingerprint density at radius 2 is 1.80 bits per heavy atom. The number of hydrogen-bond donors (Lipinski definition) is 2. The van der Waals surface area contributed by atoms with Crippen LogP contribution in [-0.2, 0) is 4.74 Å². The summed E-state index contributed by atoms with van der Waals surface area (Å²) in [6.45, 7) is 4.65. The van der Waals surface area contributed by atoms with Crippen molar-refractivity contribution in [1.29, 1.82) is 0 Å². The average Bonchev–Trinajstić information content (AvgIpc) is 2.76. The summed E-state index contributed by atoms with van der Waals surface area (Å²) in [5, 5.41) is 7.34. The van der Waals surface area contributed by atoms with E-state index in [-0.39, 0.29) is 11.8 Å². The van der Waals surface area contributed by atoms with Crippen LogP contribution in [0.25, 0.3) is 0 Å². The van der Waals surface area contributed by atoms with Gasteiger partial charge in [-0.3, -0.25) is 0 Å². The monoisotopic (exact) mass is 407 g/mol. The molecule has 3 aromatic rings. The Hall–Kier alpha value is -3.59. The summed E-state index contributed by atoms with van der Waals surface area (Å²) in [6.07, 6.45) is 1.51. The number of rotatable bonds is 6. The second-order valence-corrected chi connectivity index (χ2v) is 6.80. The number of aryl methyl sites for hydroxylation is 1. The van der Waals surface area contributed by atoms with Crippen LogP contribution < -0.4 is 15.6 Å². The lowest BCUT2D eigenvalue weighted by Gasteiger charge is -2.27. The smallest absolute Gasteiger partial charge is 0.250 e. The standard InChI is InChI=1S/C21H22FN7O/c1-15-5-7-18(8-6-15)24-19-25-20(27-21(26-19)29-9-11-30-12-10-29)28-23-14-16-3-2-4-17(22)13-16/h2-8,13-14H,9-12H2,1H3,(H2,24,25,26,27,28). The topological polar surface area (TPSA) is 87.6 Å². The van der Waals surface area contributed by atoms with Gasteiger partial charge < -0.3 is 15.0 Å². The summed E-state index contributed by atoms with van der Waals surface area (Å²) >= 11 is 0. The molecule has 2 aromatic carbocycles. The van der Waals surface area contributed by atoms with Gasteiger partial charge in [-0.1, -0.05) is 29.8 Å². The van der Waals surface area contributed by atoms with Crippen LogP contribution in [0, 0.1) is 12.7 Å². The van der Waals surface area contributed by atoms with Gasteiger partial charge in [0.15, 0.2) is 0 Å². The second kappa shape index (κ2) is 9.27. The number of benzene rings is 2. The number of nitrogens with one attached hydrogen (secondary N) is 2. The van der Waals surface area contributed by atoms with Gasteiger partial charge in [0, 0.05) is 18.8 Å². The summed E-state index contributed by atoms with van der Waals surface area (Å²) < 4.78 is 18.7. The maximum Gasteiger partial charge on any atom is 0.250 e. The summed E-state index contributed by atoms with van der Waals surface area (Å²) in [5.74, 6) is 0.900. The van der Waals surface area contributed by atoms with Crippen LogP contribution in [0.4, 0.5) is 27.9 Å². The molecule has 30 heavy (non-hydrogen) atoms. The molecule has 1 aliphatic rings. The number of morpholine rings is 1. The van der Waals surface area contributed by atoms with E-state index in [1.54, 1.807) is 12.1 Å². The Morgan fingerprint density at radius 1 is 1.03 bits per heavy atom. The molecule has 9 heteroatoms. The van der Waals surface area contributed by atoms with Crippen LogP contribution in [0.15, 0.2) is 53.6 Å². The third-order valence-corrected chi connectivity index (χ3v) is 4.45. The predicted molar refractivity (Wildman–Crippen MR) is 115 cm³/mol. The highest BCUT2D eigenvalue weighted by Crippen LogP contribution is 2.19. The molecule has 1 aromatic heterocycles. The molecule has 1 aliphatic heterocycles. The second-order valence-electron chi connectivity index (χ2n) is 6.80. The van der Waals surface area contributed by atoms with Crippen molar-refractivity contribution in [3.63, 3.8) is 0 Å². The minimum absolute atomic E-state index is 0.286. The number of ether oxygens (including phenoxy) is 1. The molecule has 8 nitrogen and oxygen atoms in total. The van der Waals surface area contributed by atoms with Crippen molar-refractivity contribution in [1.82, 2.24) is 15.0 Å². The van der Waals surface area contributed by atoms with Gasteiger partial charge in [0.25, 0.3) is 0 Å². The Bertz CT molecular complexity index is 1020. The Labute approximate surface area is 173 Å². The molecule has 0 radical (unpaired) electrons. The van der Waals surface area contributed by atoms with Crippen molar-refractivity contribution >= 4 is 29.7 Å². The molecule has 2 heterocycles. The first-order valence-corrected chi connectivity index (χ1v) is 9.63. The minimum Gasteiger partial charge on any atom is -0.378 e. The van der Waals surface area contributed by atoms with Crippen molar-refractivity contribution < 1.29 is 9.13 Å². The van der Waals surface area contributed by atoms with Crippen molar-refractivity contribution in [2.24, 2.45) is 5.10 Å². The maximum atomic E-state index is 13.3. The molecule has 0 saturated carbocycles. The van der Waals surface area contributed by atoms with E-state index in [1.165, 1.54) is 23.9 Å². The number of halogens is 1. The lowest BCUT2D eigenvalue weighted by atomic mass is 10.2. The van der Waals surface area contributed by atoms with E-state index in [2.05, 4.69) is 30.8 Å². The minimum atomic E-state index is -0.321. The molecule has 0 unspecified atom stereocenters. The molecule has 154 valence electrons. The number of nitrogens with zero attached hydrogens (tertiary/aromatic N) is 5. The SMILES string of the molecule is Cc1ccc(Nc2nc(NN=Cc3cccc(F)c3)nc(N3CCOCC3)n2)cc1. The number of anilines is 4. The molecule has 0 bridgehead atoms. The van der Waals surface area contributed by atoms with Gasteiger partial charge in [-0.15, -0.1) is 0 Å². The molecule has 1 saturated heterocycles. The van der Waals surface area contributed by atoms with Crippen LogP contribution in [0.2, 0.25) is 0 Å². The lowest BCUT2D eigenvalue weighted by molar-refractivity contribution is 0.122. The van der Waals surface area contributed by atoms with Crippen LogP contribution in [-0.4, -0.2) is 47.5 Å². The first-order chi connectivity index (χ1) is 14.7. The fraction of sp³-hybridized carbons (Fsp3) is 0.238. The van der Waals surface area contributed by atoms with Crippen molar-refractivity contribution in [2.45, 2.75) is 6.92 Å². The summed E-state index contributed by atoms with van der Waals surface area (Å²) in [7, 11) is 0. The fourth-order valence-corrected chi connectivity index (χ4v) is 2.89. The highest BCUT2D eigenvalue weighted by molar-refractivity contribution is 5.79. The third-order valence-electron chi connectivity index (χ3n) is 4.45. The quantitative estimate of drug-likeness (QED) is 0.479. The van der Waals surface area contributed by atoms with Crippen LogP contribution in [0.1, 0.15) is 11.1 Å². The Kier molecular flexibility index (Phi) is 6.09. The van der Waals surface area contributed by atoms with Crippen molar-refractivity contribution in [3.8, 4) is 0 Å². The molecule has 0 atom stereocenters. The highest BCUT2D eigenvalue weighted by atomic mass is 19.1. The van der Waals surface area contributed by atoms with Gasteiger partial charge in [-0.05, 0) is 36.8 Å². The van der Waals surface area contributed by atoms with Gasteiger partial charge in [0.2, 0.25) is 17.8 Å². The molecule has 2 N–H and O–H groups in total. The molecular formula is C21H22FN7O. The first-order valence-electron chi connectivity index (χ1n) is 9.63. The van der Waals surface area contributed by atoms with Crippen LogP contribution in [0.5, 0.6) is 0 Å². The van der Waals surface area contributed by atoms with E-state index in [9.17, 15) is 4.39 Å². The third kappa shape index (κ3) is 5.26. The largest absolute Gasteiger partial charge is 0.378 e. The zero-order valence-electron chi connectivity index (χ0n) is 16.5. The van der Waals surface area contributed by atoms with Crippen LogP contribution in [0.3, 0.4) is 0 Å². The number of aromatic nitrogens is 3. The van der Waals surface area contributed by atoms with Crippen LogP contribution >= 0.6 is 0 Å². The molecule has 0 aliphatic carbocycles. The molecule has 0 amide bonds. The van der Waals surface area contributed by atoms with Gasteiger partial charge in [-0.2, -0.15) is 20.1 Å². The molecular weight excluding hydrogens is 385 g/mol. The normalized spacial score (nSPS) is 14.1. The molecule has 4 rings (SSSR count). The van der Waals surface area contributed by atoms with E-state index >= 15 is 0 Å².